The fourth-order valence-electron chi connectivity index (χ4n) is 4.77. The third-order valence-electron chi connectivity index (χ3n) is 6.81. The van der Waals surface area contributed by atoms with Crippen molar-refractivity contribution in [2.24, 2.45) is 11.8 Å². The second-order valence-electron chi connectivity index (χ2n) is 9.13. The highest BCUT2D eigenvalue weighted by atomic mass is 16.5. The molecule has 2 aliphatic rings. The monoisotopic (exact) mass is 411 g/mol. The lowest BCUT2D eigenvalue weighted by Gasteiger charge is -2.28. The first kappa shape index (κ1) is 21.1. The molecule has 5 heteroatoms. The van der Waals surface area contributed by atoms with Crippen molar-refractivity contribution in [3.05, 3.63) is 40.2 Å². The predicted molar refractivity (Wildman–Crippen MR) is 118 cm³/mol. The Kier molecular flexibility index (Phi) is 6.88. The van der Waals surface area contributed by atoms with Crippen molar-refractivity contribution in [2.45, 2.75) is 57.8 Å². The fourth-order valence-corrected chi connectivity index (χ4v) is 4.77. The molecular formula is C25H33NO4. The molecule has 1 aliphatic heterocycles. The number of hydrogen-bond acceptors (Lipinski definition) is 5. The molecule has 0 unspecified atom stereocenters. The van der Waals surface area contributed by atoms with Gasteiger partial charge < -0.3 is 14.1 Å². The number of Topliss-reactive ketones (excluding diaryl/α,β-unsaturated/α-hetero) is 1. The number of piperidine rings is 1. The average Bonchev–Trinajstić information content (AvgIpc) is 2.78. The van der Waals surface area contributed by atoms with E-state index in [0.717, 1.165) is 32.4 Å². The SMILES string of the molecule is CN1CCC(COc2cccc3c(=O)cc(C(=O)CCC4CCCCC4)oc23)CC1. The van der Waals surface area contributed by atoms with Gasteiger partial charge in [0.1, 0.15) is 0 Å². The standard InChI is InChI=1S/C25H33NO4/c1-26-14-12-19(13-15-26)17-29-23-9-5-8-20-22(28)16-24(30-25(20)23)21(27)11-10-18-6-3-2-4-7-18/h5,8-9,16,18-19H,2-4,6-7,10-15,17H2,1H3. The normalized spacial score (nSPS) is 19.2. The molecule has 5 nitrogen and oxygen atoms in total. The number of carbonyl (C=O) groups is 1. The van der Waals surface area contributed by atoms with E-state index in [9.17, 15) is 9.59 Å². The lowest BCUT2D eigenvalue weighted by molar-refractivity contribution is 0.0943. The van der Waals surface area contributed by atoms with Gasteiger partial charge in [0.2, 0.25) is 0 Å². The van der Waals surface area contributed by atoms with Crippen LogP contribution in [0.1, 0.15) is 68.3 Å². The van der Waals surface area contributed by atoms with Crippen molar-refractivity contribution in [3.8, 4) is 5.75 Å². The quantitative estimate of drug-likeness (QED) is 0.596. The molecule has 0 atom stereocenters. The van der Waals surface area contributed by atoms with Crippen molar-refractivity contribution in [1.82, 2.24) is 4.90 Å². The fraction of sp³-hybridized carbons (Fsp3) is 0.600. The Morgan fingerprint density at radius 2 is 1.87 bits per heavy atom. The van der Waals surface area contributed by atoms with Crippen LogP contribution in [0.25, 0.3) is 11.0 Å². The second kappa shape index (κ2) is 9.78. The van der Waals surface area contributed by atoms with Crippen molar-refractivity contribution in [1.29, 1.82) is 0 Å². The molecule has 0 spiro atoms. The van der Waals surface area contributed by atoms with Gasteiger partial charge >= 0.3 is 0 Å². The molecule has 162 valence electrons. The number of benzene rings is 1. The van der Waals surface area contributed by atoms with Gasteiger partial charge in [0.25, 0.3) is 0 Å². The summed E-state index contributed by atoms with van der Waals surface area (Å²) in [5, 5.41) is 0.472. The number of carbonyl (C=O) groups excluding carboxylic acids is 1. The zero-order valence-electron chi connectivity index (χ0n) is 18.0. The Hall–Kier alpha value is -2.14. The van der Waals surface area contributed by atoms with Gasteiger partial charge in [-0.25, -0.2) is 0 Å². The maximum atomic E-state index is 12.8. The van der Waals surface area contributed by atoms with E-state index in [4.69, 9.17) is 9.15 Å². The molecule has 1 aliphatic carbocycles. The van der Waals surface area contributed by atoms with E-state index in [1.54, 1.807) is 6.07 Å². The van der Waals surface area contributed by atoms with E-state index in [1.165, 1.54) is 38.2 Å². The largest absolute Gasteiger partial charge is 0.489 e. The molecule has 1 saturated heterocycles. The maximum Gasteiger partial charge on any atom is 0.198 e. The van der Waals surface area contributed by atoms with Crippen LogP contribution in [0.5, 0.6) is 5.75 Å². The molecule has 2 aromatic rings. The van der Waals surface area contributed by atoms with E-state index in [1.807, 2.05) is 12.1 Å². The van der Waals surface area contributed by atoms with Gasteiger partial charge in [-0.2, -0.15) is 0 Å². The summed E-state index contributed by atoms with van der Waals surface area (Å²) < 4.78 is 12.0. The van der Waals surface area contributed by atoms with Gasteiger partial charge in [0, 0.05) is 12.5 Å². The first-order chi connectivity index (χ1) is 14.6. The highest BCUT2D eigenvalue weighted by molar-refractivity contribution is 5.95. The molecule has 0 radical (unpaired) electrons. The van der Waals surface area contributed by atoms with Crippen molar-refractivity contribution >= 4 is 16.8 Å². The van der Waals surface area contributed by atoms with Gasteiger partial charge in [-0.15, -0.1) is 0 Å². The number of fused-ring (bicyclic) bond motifs is 1. The van der Waals surface area contributed by atoms with Crippen molar-refractivity contribution in [3.63, 3.8) is 0 Å². The molecule has 4 rings (SSSR count). The Labute approximate surface area is 178 Å². The summed E-state index contributed by atoms with van der Waals surface area (Å²) in [4.78, 5) is 27.7. The van der Waals surface area contributed by atoms with E-state index in [2.05, 4.69) is 11.9 Å². The lowest BCUT2D eigenvalue weighted by Crippen LogP contribution is -2.32. The molecule has 1 saturated carbocycles. The third kappa shape index (κ3) is 5.12. The summed E-state index contributed by atoms with van der Waals surface area (Å²) in [7, 11) is 2.14. The molecule has 2 fully saturated rings. The van der Waals surface area contributed by atoms with Crippen LogP contribution in [0.3, 0.4) is 0 Å². The first-order valence-electron chi connectivity index (χ1n) is 11.5. The number of rotatable bonds is 7. The zero-order valence-corrected chi connectivity index (χ0v) is 18.0. The van der Waals surface area contributed by atoms with E-state index in [-0.39, 0.29) is 17.0 Å². The smallest absolute Gasteiger partial charge is 0.198 e. The summed E-state index contributed by atoms with van der Waals surface area (Å²) in [6.45, 7) is 2.77. The average molecular weight is 412 g/mol. The summed E-state index contributed by atoms with van der Waals surface area (Å²) in [6, 6.07) is 6.73. The van der Waals surface area contributed by atoms with Crippen LogP contribution >= 0.6 is 0 Å². The number of ether oxygens (including phenoxy) is 1. The molecule has 1 aromatic carbocycles. The van der Waals surface area contributed by atoms with Crippen LogP contribution < -0.4 is 10.2 Å². The Morgan fingerprint density at radius 1 is 1.10 bits per heavy atom. The van der Waals surface area contributed by atoms with E-state index in [0.29, 0.717) is 41.6 Å². The number of hydrogen-bond donors (Lipinski definition) is 0. The van der Waals surface area contributed by atoms with E-state index >= 15 is 0 Å². The molecule has 2 heterocycles. The molecule has 0 N–H and O–H groups in total. The predicted octanol–water partition coefficient (Wildman–Crippen LogP) is 5.06. The Bertz CT molecular complexity index is 920. The van der Waals surface area contributed by atoms with Crippen LogP contribution in [0.2, 0.25) is 0 Å². The van der Waals surface area contributed by atoms with Crippen LogP contribution in [0.4, 0.5) is 0 Å². The van der Waals surface area contributed by atoms with Crippen molar-refractivity contribution < 1.29 is 13.9 Å². The summed E-state index contributed by atoms with van der Waals surface area (Å²) in [5.74, 6) is 1.78. The summed E-state index contributed by atoms with van der Waals surface area (Å²) in [6.07, 6.45) is 9.81. The minimum absolute atomic E-state index is 0.0790. The van der Waals surface area contributed by atoms with Gasteiger partial charge in [0.05, 0.1) is 12.0 Å². The number of ketones is 1. The van der Waals surface area contributed by atoms with Crippen LogP contribution in [0.15, 0.2) is 33.5 Å². The summed E-state index contributed by atoms with van der Waals surface area (Å²) >= 11 is 0. The van der Waals surface area contributed by atoms with Gasteiger partial charge in [-0.1, -0.05) is 38.2 Å². The highest BCUT2D eigenvalue weighted by Crippen LogP contribution is 2.29. The third-order valence-corrected chi connectivity index (χ3v) is 6.81. The minimum Gasteiger partial charge on any atom is -0.489 e. The first-order valence-corrected chi connectivity index (χ1v) is 11.5. The molecule has 30 heavy (non-hydrogen) atoms. The summed E-state index contributed by atoms with van der Waals surface area (Å²) in [5.41, 5.74) is 0.223. The Morgan fingerprint density at radius 3 is 2.63 bits per heavy atom. The molecule has 0 bridgehead atoms. The zero-order chi connectivity index (χ0) is 20.9. The minimum atomic E-state index is -0.179. The van der Waals surface area contributed by atoms with Gasteiger partial charge in [-0.05, 0) is 63.4 Å². The second-order valence-corrected chi connectivity index (χ2v) is 9.13. The topological polar surface area (TPSA) is 59.8 Å². The molecular weight excluding hydrogens is 378 g/mol. The van der Waals surface area contributed by atoms with Gasteiger partial charge in [0.15, 0.2) is 28.3 Å². The van der Waals surface area contributed by atoms with E-state index < -0.39 is 0 Å². The molecule has 0 amide bonds. The van der Waals surface area contributed by atoms with Crippen LogP contribution in [-0.4, -0.2) is 37.4 Å². The molecule has 1 aromatic heterocycles. The number of nitrogens with zero attached hydrogens (tertiary/aromatic N) is 1. The highest BCUT2D eigenvalue weighted by Gasteiger charge is 2.20. The maximum absolute atomic E-state index is 12.8. The van der Waals surface area contributed by atoms with Gasteiger partial charge in [-0.3, -0.25) is 9.59 Å². The van der Waals surface area contributed by atoms with Crippen molar-refractivity contribution in [2.75, 3.05) is 26.7 Å². The lowest BCUT2D eigenvalue weighted by atomic mass is 9.85. The Balaban J connectivity index is 1.47. The van der Waals surface area contributed by atoms with Crippen LogP contribution in [0, 0.1) is 11.8 Å². The number of para-hydroxylation sites is 1. The van der Waals surface area contributed by atoms with Crippen LogP contribution in [-0.2, 0) is 0 Å². The number of likely N-dealkylation sites (tertiary alicyclic amines) is 1.